The molecule has 88 valence electrons. The largest absolute Gasteiger partial charge is 0.366 e. The van der Waals surface area contributed by atoms with E-state index in [1.165, 1.54) is 36.2 Å². The van der Waals surface area contributed by atoms with E-state index >= 15 is 0 Å². The second-order valence-electron chi connectivity index (χ2n) is 5.38. The van der Waals surface area contributed by atoms with Crippen LogP contribution in [0.25, 0.3) is 0 Å². The first-order chi connectivity index (χ1) is 7.54. The molecule has 1 heterocycles. The molecule has 2 heteroatoms. The van der Waals surface area contributed by atoms with Gasteiger partial charge in [-0.15, -0.1) is 0 Å². The molecule has 2 nitrogen and oxygen atoms in total. The summed E-state index contributed by atoms with van der Waals surface area (Å²) in [6.07, 6.45) is 2.58. The fraction of sp³-hybridized carbons (Fsp3) is 0.571. The van der Waals surface area contributed by atoms with Crippen LogP contribution in [0.4, 0.5) is 5.69 Å². The smallest absolute Gasteiger partial charge is 0.0373 e. The third-order valence-corrected chi connectivity index (χ3v) is 3.76. The third-order valence-electron chi connectivity index (χ3n) is 3.76. The lowest BCUT2D eigenvalue weighted by molar-refractivity contribution is 0.518. The third kappa shape index (κ3) is 1.94. The molecule has 1 aliphatic heterocycles. The number of aryl methyl sites for hydroxylation is 1. The van der Waals surface area contributed by atoms with Gasteiger partial charge >= 0.3 is 0 Å². The van der Waals surface area contributed by atoms with Crippen molar-refractivity contribution < 1.29 is 0 Å². The maximum Gasteiger partial charge on any atom is 0.0373 e. The predicted molar refractivity (Wildman–Crippen MR) is 69.7 cm³/mol. The molecular weight excluding hydrogens is 196 g/mol. The molecule has 0 radical (unpaired) electrons. The Kier molecular flexibility index (Phi) is 2.94. The Bertz CT molecular complexity index is 382. The van der Waals surface area contributed by atoms with Gasteiger partial charge in [-0.05, 0) is 56.9 Å². The highest BCUT2D eigenvalue weighted by Gasteiger charge is 2.31. The van der Waals surface area contributed by atoms with Gasteiger partial charge in [0.25, 0.3) is 0 Å². The van der Waals surface area contributed by atoms with E-state index in [1.807, 2.05) is 0 Å². The summed E-state index contributed by atoms with van der Waals surface area (Å²) in [6.45, 7) is 8.61. The van der Waals surface area contributed by atoms with E-state index in [1.54, 1.807) is 0 Å². The molecule has 0 atom stereocenters. The maximum atomic E-state index is 5.69. The first-order valence-corrected chi connectivity index (χ1v) is 6.12. The molecule has 1 fully saturated rings. The first-order valence-electron chi connectivity index (χ1n) is 6.12. The lowest BCUT2D eigenvalue weighted by atomic mass is 10.0. The Balaban J connectivity index is 2.31. The minimum atomic E-state index is 0.302. The molecule has 1 aromatic rings. The summed E-state index contributed by atoms with van der Waals surface area (Å²) >= 11 is 0. The number of hydrogen-bond donors (Lipinski definition) is 1. The molecular formula is C14H22N2. The lowest BCUT2D eigenvalue weighted by Crippen LogP contribution is -2.38. The van der Waals surface area contributed by atoms with Crippen molar-refractivity contribution in [2.24, 2.45) is 5.73 Å². The summed E-state index contributed by atoms with van der Waals surface area (Å²) in [7, 11) is 0. The number of nitrogens with two attached hydrogens (primary N) is 1. The van der Waals surface area contributed by atoms with Crippen molar-refractivity contribution in [1.29, 1.82) is 0 Å². The fourth-order valence-corrected chi connectivity index (χ4v) is 2.66. The van der Waals surface area contributed by atoms with Gasteiger partial charge in [-0.1, -0.05) is 6.07 Å². The van der Waals surface area contributed by atoms with Crippen LogP contribution in [-0.4, -0.2) is 12.1 Å². The van der Waals surface area contributed by atoms with Crippen LogP contribution in [0, 0.1) is 6.92 Å². The van der Waals surface area contributed by atoms with Crippen molar-refractivity contribution in [1.82, 2.24) is 0 Å². The van der Waals surface area contributed by atoms with Gasteiger partial charge in [0.2, 0.25) is 0 Å². The van der Waals surface area contributed by atoms with Gasteiger partial charge in [-0.3, -0.25) is 0 Å². The maximum absolute atomic E-state index is 5.69. The lowest BCUT2D eigenvalue weighted by Gasteiger charge is -2.34. The van der Waals surface area contributed by atoms with Crippen molar-refractivity contribution in [3.63, 3.8) is 0 Å². The van der Waals surface area contributed by atoms with Crippen LogP contribution in [0.3, 0.4) is 0 Å². The zero-order valence-corrected chi connectivity index (χ0v) is 10.6. The van der Waals surface area contributed by atoms with E-state index in [2.05, 4.69) is 43.9 Å². The molecule has 0 aliphatic carbocycles. The highest BCUT2D eigenvalue weighted by Crippen LogP contribution is 2.34. The van der Waals surface area contributed by atoms with E-state index < -0.39 is 0 Å². The average molecular weight is 218 g/mol. The van der Waals surface area contributed by atoms with Gasteiger partial charge < -0.3 is 10.6 Å². The van der Waals surface area contributed by atoms with Crippen LogP contribution in [-0.2, 0) is 6.54 Å². The number of benzene rings is 1. The zero-order valence-electron chi connectivity index (χ0n) is 10.6. The van der Waals surface area contributed by atoms with Gasteiger partial charge in [-0.25, -0.2) is 0 Å². The van der Waals surface area contributed by atoms with Crippen molar-refractivity contribution in [2.45, 2.75) is 45.7 Å². The first kappa shape index (κ1) is 11.5. The molecule has 0 unspecified atom stereocenters. The normalized spacial score (nSPS) is 19.1. The number of rotatable bonds is 2. The van der Waals surface area contributed by atoms with E-state index in [0.29, 0.717) is 12.1 Å². The molecule has 0 aromatic heterocycles. The summed E-state index contributed by atoms with van der Waals surface area (Å²) in [5.74, 6) is 0. The van der Waals surface area contributed by atoms with Gasteiger partial charge in [-0.2, -0.15) is 0 Å². The second kappa shape index (κ2) is 4.10. The van der Waals surface area contributed by atoms with Crippen LogP contribution >= 0.6 is 0 Å². The van der Waals surface area contributed by atoms with Gasteiger partial charge in [0.05, 0.1) is 0 Å². The predicted octanol–water partition coefficient (Wildman–Crippen LogP) is 2.83. The molecule has 2 rings (SSSR count). The van der Waals surface area contributed by atoms with Crippen LogP contribution in [0.2, 0.25) is 0 Å². The zero-order chi connectivity index (χ0) is 11.8. The molecule has 2 N–H and O–H groups in total. The minimum Gasteiger partial charge on any atom is -0.366 e. The summed E-state index contributed by atoms with van der Waals surface area (Å²) < 4.78 is 0. The fourth-order valence-electron chi connectivity index (χ4n) is 2.66. The number of anilines is 1. The van der Waals surface area contributed by atoms with Crippen LogP contribution in [0.15, 0.2) is 18.2 Å². The van der Waals surface area contributed by atoms with Crippen molar-refractivity contribution in [3.8, 4) is 0 Å². The highest BCUT2D eigenvalue weighted by molar-refractivity contribution is 5.53. The van der Waals surface area contributed by atoms with Crippen molar-refractivity contribution in [2.75, 3.05) is 11.4 Å². The average Bonchev–Trinajstić information content (AvgIpc) is 2.58. The Labute approximate surface area is 98.4 Å². The number of nitrogens with zero attached hydrogens (tertiary/aromatic N) is 1. The molecule has 16 heavy (non-hydrogen) atoms. The Hall–Kier alpha value is -1.02. The SMILES string of the molecule is Cc1cc(N2CCCC2(C)C)ccc1CN. The Morgan fingerprint density at radius 3 is 2.62 bits per heavy atom. The molecule has 1 saturated heterocycles. The number of hydrogen-bond acceptors (Lipinski definition) is 2. The molecule has 0 bridgehead atoms. The summed E-state index contributed by atoms with van der Waals surface area (Å²) in [5, 5.41) is 0. The monoisotopic (exact) mass is 218 g/mol. The quantitative estimate of drug-likeness (QED) is 0.827. The van der Waals surface area contributed by atoms with E-state index in [9.17, 15) is 0 Å². The van der Waals surface area contributed by atoms with E-state index in [0.717, 1.165) is 0 Å². The highest BCUT2D eigenvalue weighted by atomic mass is 15.2. The topological polar surface area (TPSA) is 29.3 Å². The summed E-state index contributed by atoms with van der Waals surface area (Å²) in [5.41, 5.74) is 9.90. The van der Waals surface area contributed by atoms with Crippen molar-refractivity contribution >= 4 is 5.69 Å². The molecule has 1 aromatic carbocycles. The summed E-state index contributed by atoms with van der Waals surface area (Å²) in [6, 6.07) is 6.65. The summed E-state index contributed by atoms with van der Waals surface area (Å²) in [4.78, 5) is 2.51. The van der Waals surface area contributed by atoms with Crippen LogP contribution < -0.4 is 10.6 Å². The molecule has 0 spiro atoms. The van der Waals surface area contributed by atoms with Crippen LogP contribution in [0.1, 0.15) is 37.8 Å². The molecule has 1 aliphatic rings. The Morgan fingerprint density at radius 2 is 2.12 bits per heavy atom. The van der Waals surface area contributed by atoms with E-state index in [4.69, 9.17) is 5.73 Å². The van der Waals surface area contributed by atoms with E-state index in [-0.39, 0.29) is 0 Å². The second-order valence-corrected chi connectivity index (χ2v) is 5.38. The van der Waals surface area contributed by atoms with Gasteiger partial charge in [0, 0.05) is 24.3 Å². The molecule has 0 amide bonds. The Morgan fingerprint density at radius 1 is 1.38 bits per heavy atom. The van der Waals surface area contributed by atoms with Gasteiger partial charge in [0.15, 0.2) is 0 Å². The standard InChI is InChI=1S/C14H22N2/c1-11-9-13(6-5-12(11)10-15)16-8-4-7-14(16,2)3/h5-6,9H,4,7-8,10,15H2,1-3H3. The van der Waals surface area contributed by atoms with Crippen molar-refractivity contribution in [3.05, 3.63) is 29.3 Å². The van der Waals surface area contributed by atoms with Crippen LogP contribution in [0.5, 0.6) is 0 Å². The molecule has 0 saturated carbocycles. The minimum absolute atomic E-state index is 0.302. The van der Waals surface area contributed by atoms with Gasteiger partial charge in [0.1, 0.15) is 0 Å².